The number of aryl methyl sites for hydroxylation is 2. The van der Waals surface area contributed by atoms with Crippen LogP contribution in [0.15, 0.2) is 17.4 Å². The van der Waals surface area contributed by atoms with Gasteiger partial charge < -0.3 is 0 Å². The first-order chi connectivity index (χ1) is 9.35. The van der Waals surface area contributed by atoms with Gasteiger partial charge in [-0.05, 0) is 6.92 Å². The number of hydrogen-bond acceptors (Lipinski definition) is 5. The van der Waals surface area contributed by atoms with Crippen molar-refractivity contribution >= 4 is 15.7 Å². The van der Waals surface area contributed by atoms with Crippen LogP contribution in [0.2, 0.25) is 0 Å². The summed E-state index contributed by atoms with van der Waals surface area (Å²) >= 11 is 0. The van der Waals surface area contributed by atoms with Crippen LogP contribution in [0, 0.1) is 0 Å². The highest BCUT2D eigenvalue weighted by molar-refractivity contribution is 7.92. The average Bonchev–Trinajstić information content (AvgIpc) is 2.95. The molecule has 0 saturated heterocycles. The molecule has 2 aromatic heterocycles. The van der Waals surface area contributed by atoms with E-state index in [0.717, 1.165) is 15.6 Å². The number of nitrogens with one attached hydrogen (secondary N) is 1. The topological polar surface area (TPSA) is 94.7 Å². The number of sulfonamides is 1. The molecule has 110 valence electrons. The lowest BCUT2D eigenvalue weighted by Gasteiger charge is -2.07. The van der Waals surface area contributed by atoms with Gasteiger partial charge in [-0.25, -0.2) is 13.5 Å². The maximum Gasteiger partial charge on any atom is 0.284 e. The van der Waals surface area contributed by atoms with Crippen LogP contribution in [-0.2, 0) is 23.6 Å². The van der Waals surface area contributed by atoms with Crippen molar-refractivity contribution in [2.75, 3.05) is 4.72 Å². The Morgan fingerprint density at radius 3 is 2.75 bits per heavy atom. The summed E-state index contributed by atoms with van der Waals surface area (Å²) in [5.74, 6) is 0. The number of halogens is 2. The minimum atomic E-state index is -4.05. The maximum absolute atomic E-state index is 12.8. The van der Waals surface area contributed by atoms with Crippen LogP contribution in [0.4, 0.5) is 14.5 Å². The third-order valence-corrected chi connectivity index (χ3v) is 3.82. The SMILES string of the molecule is CCn1nncc1S(=O)(=O)Nc1cn(C)nc1C(F)F. The Morgan fingerprint density at radius 2 is 2.15 bits per heavy atom. The molecule has 0 saturated carbocycles. The van der Waals surface area contributed by atoms with Crippen molar-refractivity contribution in [3.8, 4) is 0 Å². The summed E-state index contributed by atoms with van der Waals surface area (Å²) in [6, 6.07) is 0. The molecule has 0 fully saturated rings. The Labute approximate surface area is 113 Å². The highest BCUT2D eigenvalue weighted by Crippen LogP contribution is 2.27. The molecule has 0 aliphatic rings. The molecule has 0 spiro atoms. The summed E-state index contributed by atoms with van der Waals surface area (Å²) in [5.41, 5.74) is -0.905. The molecule has 0 amide bonds. The van der Waals surface area contributed by atoms with Crippen molar-refractivity contribution in [3.63, 3.8) is 0 Å². The van der Waals surface area contributed by atoms with Crippen LogP contribution < -0.4 is 4.72 Å². The van der Waals surface area contributed by atoms with Crippen LogP contribution >= 0.6 is 0 Å². The highest BCUT2D eigenvalue weighted by atomic mass is 32.2. The second-order valence-corrected chi connectivity index (χ2v) is 5.53. The molecule has 1 N–H and O–H groups in total. The van der Waals surface area contributed by atoms with Crippen molar-refractivity contribution in [2.45, 2.75) is 24.9 Å². The molecule has 0 bridgehead atoms. The van der Waals surface area contributed by atoms with Gasteiger partial charge in [0.05, 0.1) is 11.9 Å². The molecular formula is C9H12F2N6O2S. The van der Waals surface area contributed by atoms with Crippen molar-refractivity contribution in [2.24, 2.45) is 7.05 Å². The van der Waals surface area contributed by atoms with Crippen LogP contribution in [0.25, 0.3) is 0 Å². The number of rotatable bonds is 5. The van der Waals surface area contributed by atoms with Crippen molar-refractivity contribution in [1.29, 1.82) is 0 Å². The van der Waals surface area contributed by atoms with Crippen molar-refractivity contribution in [3.05, 3.63) is 18.1 Å². The zero-order valence-corrected chi connectivity index (χ0v) is 11.5. The van der Waals surface area contributed by atoms with E-state index in [9.17, 15) is 17.2 Å². The smallest absolute Gasteiger partial charge is 0.275 e. The van der Waals surface area contributed by atoms with Gasteiger partial charge >= 0.3 is 0 Å². The van der Waals surface area contributed by atoms with Gasteiger partial charge in [-0.15, -0.1) is 5.10 Å². The summed E-state index contributed by atoms with van der Waals surface area (Å²) < 4.78 is 54.1. The van der Waals surface area contributed by atoms with E-state index in [-0.39, 0.29) is 17.3 Å². The molecule has 8 nitrogen and oxygen atoms in total. The largest absolute Gasteiger partial charge is 0.284 e. The van der Waals surface area contributed by atoms with E-state index in [1.54, 1.807) is 6.92 Å². The van der Waals surface area contributed by atoms with E-state index >= 15 is 0 Å². The molecule has 0 aliphatic carbocycles. The lowest BCUT2D eigenvalue weighted by atomic mass is 10.4. The van der Waals surface area contributed by atoms with Crippen LogP contribution in [0.1, 0.15) is 19.0 Å². The van der Waals surface area contributed by atoms with E-state index in [2.05, 4.69) is 20.1 Å². The molecule has 2 rings (SSSR count). The van der Waals surface area contributed by atoms with Crippen LogP contribution in [0.3, 0.4) is 0 Å². The Balaban J connectivity index is 2.39. The van der Waals surface area contributed by atoms with E-state index in [1.165, 1.54) is 13.2 Å². The zero-order valence-electron chi connectivity index (χ0n) is 10.7. The van der Waals surface area contributed by atoms with E-state index in [1.807, 2.05) is 0 Å². The fourth-order valence-corrected chi connectivity index (χ4v) is 2.80. The number of anilines is 1. The second kappa shape index (κ2) is 5.15. The Morgan fingerprint density at radius 1 is 1.45 bits per heavy atom. The molecular weight excluding hydrogens is 294 g/mol. The normalized spacial score (nSPS) is 12.1. The van der Waals surface area contributed by atoms with Gasteiger partial charge in [0.25, 0.3) is 16.4 Å². The van der Waals surface area contributed by atoms with Gasteiger partial charge in [-0.3, -0.25) is 9.40 Å². The second-order valence-electron chi connectivity index (χ2n) is 3.90. The number of aromatic nitrogens is 5. The number of hydrogen-bond donors (Lipinski definition) is 1. The lowest BCUT2D eigenvalue weighted by molar-refractivity contribution is 0.146. The Hall–Kier alpha value is -2.04. The Bertz CT molecular complexity index is 708. The third kappa shape index (κ3) is 2.61. The fourth-order valence-electron chi connectivity index (χ4n) is 1.62. The first-order valence-corrected chi connectivity index (χ1v) is 7.06. The highest BCUT2D eigenvalue weighted by Gasteiger charge is 2.25. The third-order valence-electron chi connectivity index (χ3n) is 2.47. The molecule has 0 atom stereocenters. The maximum atomic E-state index is 12.8. The summed E-state index contributed by atoms with van der Waals surface area (Å²) in [4.78, 5) is 0. The van der Waals surface area contributed by atoms with Gasteiger partial charge in [0, 0.05) is 19.8 Å². The molecule has 0 aromatic carbocycles. The van der Waals surface area contributed by atoms with Crippen LogP contribution in [-0.4, -0.2) is 33.2 Å². The monoisotopic (exact) mass is 306 g/mol. The average molecular weight is 306 g/mol. The van der Waals surface area contributed by atoms with Gasteiger partial charge in [-0.2, -0.15) is 13.5 Å². The summed E-state index contributed by atoms with van der Waals surface area (Å²) in [7, 11) is -2.64. The van der Waals surface area contributed by atoms with Crippen molar-refractivity contribution < 1.29 is 17.2 Å². The standard InChI is InChI=1S/C9H12F2N6O2S/c1-3-17-7(4-12-15-17)20(18,19)14-6-5-16(2)13-8(6)9(10)11/h4-5,9,14H,3H2,1-2H3. The summed E-state index contributed by atoms with van der Waals surface area (Å²) in [6.07, 6.45) is -0.674. The van der Waals surface area contributed by atoms with E-state index in [4.69, 9.17) is 0 Å². The van der Waals surface area contributed by atoms with Gasteiger partial charge in [0.1, 0.15) is 0 Å². The lowest BCUT2D eigenvalue weighted by Crippen LogP contribution is -2.18. The quantitative estimate of drug-likeness (QED) is 0.880. The van der Waals surface area contributed by atoms with Crippen LogP contribution in [0.5, 0.6) is 0 Å². The van der Waals surface area contributed by atoms with E-state index in [0.29, 0.717) is 0 Å². The molecule has 11 heteroatoms. The molecule has 2 aromatic rings. The van der Waals surface area contributed by atoms with Gasteiger partial charge in [-0.1, -0.05) is 5.21 Å². The number of alkyl halides is 2. The molecule has 2 heterocycles. The molecule has 0 aliphatic heterocycles. The minimum absolute atomic E-state index is 0.205. The molecule has 20 heavy (non-hydrogen) atoms. The van der Waals surface area contributed by atoms with Gasteiger partial charge in [0.15, 0.2) is 10.7 Å². The number of nitrogens with zero attached hydrogens (tertiary/aromatic N) is 5. The van der Waals surface area contributed by atoms with Gasteiger partial charge in [0.2, 0.25) is 0 Å². The predicted molar refractivity (Wildman–Crippen MR) is 64.7 cm³/mol. The first kappa shape index (κ1) is 14.4. The fraction of sp³-hybridized carbons (Fsp3) is 0.444. The first-order valence-electron chi connectivity index (χ1n) is 5.58. The summed E-state index contributed by atoms with van der Waals surface area (Å²) in [5, 5.41) is 10.4. The van der Waals surface area contributed by atoms with E-state index < -0.39 is 22.1 Å². The molecule has 0 unspecified atom stereocenters. The minimum Gasteiger partial charge on any atom is -0.275 e. The Kier molecular flexibility index (Phi) is 3.70. The summed E-state index contributed by atoms with van der Waals surface area (Å²) in [6.45, 7) is 1.97. The molecule has 0 radical (unpaired) electrons. The zero-order chi connectivity index (χ0) is 14.9. The predicted octanol–water partition coefficient (Wildman–Crippen LogP) is 0.770. The van der Waals surface area contributed by atoms with Crippen molar-refractivity contribution in [1.82, 2.24) is 24.8 Å².